The second kappa shape index (κ2) is 4.94. The van der Waals surface area contributed by atoms with E-state index in [2.05, 4.69) is 4.99 Å². The van der Waals surface area contributed by atoms with E-state index in [4.69, 9.17) is 11.0 Å². The molecule has 0 spiro atoms. The van der Waals surface area contributed by atoms with Crippen LogP contribution in [0.5, 0.6) is 0 Å². The number of amides is 1. The Balaban J connectivity index is 3.00. The second-order valence-corrected chi connectivity index (χ2v) is 3.35. The van der Waals surface area contributed by atoms with E-state index < -0.39 is 5.91 Å². The molecule has 0 radical (unpaired) electrons. The van der Waals surface area contributed by atoms with Gasteiger partial charge >= 0.3 is 0 Å². The quantitative estimate of drug-likeness (QED) is 0.760. The van der Waals surface area contributed by atoms with E-state index in [9.17, 15) is 4.79 Å². The Morgan fingerprint density at radius 2 is 1.94 bits per heavy atom. The number of nitriles is 1. The van der Waals surface area contributed by atoms with E-state index in [0.717, 1.165) is 5.69 Å². The molecule has 0 atom stereocenters. The van der Waals surface area contributed by atoms with Gasteiger partial charge in [0.05, 0.1) is 5.69 Å². The lowest BCUT2D eigenvalue weighted by molar-refractivity contribution is -0.111. The first kappa shape index (κ1) is 11.7. The minimum absolute atomic E-state index is 0.294. The number of hydrogen-bond donors (Lipinski definition) is 1. The van der Waals surface area contributed by atoms with E-state index >= 15 is 0 Å². The predicted molar refractivity (Wildman–Crippen MR) is 62.7 cm³/mol. The third-order valence-electron chi connectivity index (χ3n) is 1.95. The summed E-state index contributed by atoms with van der Waals surface area (Å²) >= 11 is 0. The number of nitrogens with zero attached hydrogens (tertiary/aromatic N) is 3. The molecule has 0 aromatic heterocycles. The maximum Gasteiger partial charge on any atom is 0.278 e. The van der Waals surface area contributed by atoms with Crippen molar-refractivity contribution in [3.8, 4) is 6.07 Å². The van der Waals surface area contributed by atoms with Gasteiger partial charge in [0.25, 0.3) is 5.91 Å². The average Bonchev–Trinajstić information content (AvgIpc) is 2.26. The van der Waals surface area contributed by atoms with Crippen molar-refractivity contribution in [3.05, 3.63) is 24.3 Å². The van der Waals surface area contributed by atoms with Crippen LogP contribution in [-0.4, -0.2) is 25.7 Å². The highest BCUT2D eigenvalue weighted by atomic mass is 16.1. The minimum atomic E-state index is -0.820. The van der Waals surface area contributed by atoms with E-state index in [1.807, 2.05) is 31.1 Å². The van der Waals surface area contributed by atoms with Crippen LogP contribution in [0.1, 0.15) is 0 Å². The second-order valence-electron chi connectivity index (χ2n) is 3.35. The Morgan fingerprint density at radius 3 is 2.31 bits per heavy atom. The molecule has 0 fully saturated rings. The van der Waals surface area contributed by atoms with Gasteiger partial charge in [-0.25, -0.2) is 4.99 Å². The SMILES string of the molecule is CN(C)c1ccc(N=C(C#N)C(N)=O)cc1. The molecule has 0 unspecified atom stereocenters. The fraction of sp³-hybridized carbons (Fsp3) is 0.182. The Morgan fingerprint density at radius 1 is 1.38 bits per heavy atom. The Labute approximate surface area is 93.8 Å². The molecule has 5 nitrogen and oxygen atoms in total. The molecule has 2 N–H and O–H groups in total. The molecule has 0 aliphatic rings. The Hall–Kier alpha value is -2.35. The summed E-state index contributed by atoms with van der Waals surface area (Å²) in [5, 5.41) is 8.61. The van der Waals surface area contributed by atoms with E-state index in [1.54, 1.807) is 18.2 Å². The lowest BCUT2D eigenvalue weighted by Crippen LogP contribution is -2.21. The van der Waals surface area contributed by atoms with Gasteiger partial charge in [0.1, 0.15) is 6.07 Å². The number of carbonyl (C=O) groups is 1. The van der Waals surface area contributed by atoms with Crippen LogP contribution in [-0.2, 0) is 4.79 Å². The molecule has 1 rings (SSSR count). The normalized spacial score (nSPS) is 10.7. The van der Waals surface area contributed by atoms with E-state index in [-0.39, 0.29) is 5.71 Å². The first-order valence-corrected chi connectivity index (χ1v) is 4.60. The molecule has 0 aliphatic heterocycles. The number of benzene rings is 1. The predicted octanol–water partition coefficient (Wildman–Crippen LogP) is 0.834. The fourth-order valence-corrected chi connectivity index (χ4v) is 1.09. The topological polar surface area (TPSA) is 82.5 Å². The standard InChI is InChI=1S/C11H12N4O/c1-15(2)9-5-3-8(4-6-9)14-10(7-12)11(13)16/h3-6H,1-2H3,(H2,13,16). The van der Waals surface area contributed by atoms with E-state index in [0.29, 0.717) is 5.69 Å². The molecule has 0 saturated heterocycles. The van der Waals surface area contributed by atoms with Crippen molar-refractivity contribution >= 4 is 23.0 Å². The zero-order valence-corrected chi connectivity index (χ0v) is 9.14. The maximum atomic E-state index is 10.8. The van der Waals surface area contributed by atoms with Crippen LogP contribution in [0.2, 0.25) is 0 Å². The average molecular weight is 216 g/mol. The molecule has 16 heavy (non-hydrogen) atoms. The van der Waals surface area contributed by atoms with Gasteiger partial charge in [-0.2, -0.15) is 5.26 Å². The van der Waals surface area contributed by atoms with Gasteiger partial charge in [0.15, 0.2) is 0 Å². The van der Waals surface area contributed by atoms with Crippen molar-refractivity contribution in [2.45, 2.75) is 0 Å². The molecule has 1 aromatic carbocycles. The summed E-state index contributed by atoms with van der Waals surface area (Å²) in [4.78, 5) is 16.5. The highest BCUT2D eigenvalue weighted by Gasteiger charge is 2.05. The molecule has 1 aromatic rings. The Kier molecular flexibility index (Phi) is 3.62. The van der Waals surface area contributed by atoms with Gasteiger partial charge in [-0.15, -0.1) is 0 Å². The summed E-state index contributed by atoms with van der Waals surface area (Å²) in [5.41, 5.74) is 6.22. The highest BCUT2D eigenvalue weighted by Crippen LogP contribution is 2.18. The van der Waals surface area contributed by atoms with Crippen LogP contribution in [0.3, 0.4) is 0 Å². The summed E-state index contributed by atoms with van der Waals surface area (Å²) in [6.07, 6.45) is 0. The van der Waals surface area contributed by atoms with Crippen molar-refractivity contribution in [2.24, 2.45) is 10.7 Å². The first-order valence-electron chi connectivity index (χ1n) is 4.60. The molecule has 82 valence electrons. The molecule has 1 amide bonds. The summed E-state index contributed by atoms with van der Waals surface area (Å²) in [6, 6.07) is 8.77. The van der Waals surface area contributed by atoms with Crippen LogP contribution in [0.15, 0.2) is 29.3 Å². The zero-order chi connectivity index (χ0) is 12.1. The third kappa shape index (κ3) is 2.82. The van der Waals surface area contributed by atoms with Crippen LogP contribution < -0.4 is 10.6 Å². The lowest BCUT2D eigenvalue weighted by atomic mass is 10.2. The molecule has 0 saturated carbocycles. The molecule has 5 heteroatoms. The van der Waals surface area contributed by atoms with Crippen molar-refractivity contribution in [2.75, 3.05) is 19.0 Å². The maximum absolute atomic E-state index is 10.8. The number of carbonyl (C=O) groups excluding carboxylic acids is 1. The number of primary amides is 1. The number of rotatable bonds is 3. The largest absolute Gasteiger partial charge is 0.378 e. The van der Waals surface area contributed by atoms with Gasteiger partial charge in [-0.1, -0.05) is 0 Å². The molecule has 0 aliphatic carbocycles. The third-order valence-corrected chi connectivity index (χ3v) is 1.95. The van der Waals surface area contributed by atoms with Crippen LogP contribution in [0, 0.1) is 11.3 Å². The monoisotopic (exact) mass is 216 g/mol. The lowest BCUT2D eigenvalue weighted by Gasteiger charge is -2.11. The smallest absolute Gasteiger partial charge is 0.278 e. The van der Waals surface area contributed by atoms with Gasteiger partial charge in [-0.05, 0) is 24.3 Å². The number of aliphatic imine (C=N–C) groups is 1. The van der Waals surface area contributed by atoms with Crippen molar-refractivity contribution in [1.82, 2.24) is 0 Å². The molecular formula is C11H12N4O. The minimum Gasteiger partial charge on any atom is -0.378 e. The summed E-state index contributed by atoms with van der Waals surface area (Å²) in [6.45, 7) is 0. The summed E-state index contributed by atoms with van der Waals surface area (Å²) in [7, 11) is 3.84. The first-order chi connectivity index (χ1) is 7.54. The Bertz CT molecular complexity index is 454. The van der Waals surface area contributed by atoms with Crippen molar-refractivity contribution in [3.63, 3.8) is 0 Å². The summed E-state index contributed by atoms with van der Waals surface area (Å²) < 4.78 is 0. The van der Waals surface area contributed by atoms with Crippen LogP contribution in [0.25, 0.3) is 0 Å². The van der Waals surface area contributed by atoms with Gasteiger partial charge in [-0.3, -0.25) is 4.79 Å². The number of anilines is 1. The van der Waals surface area contributed by atoms with Gasteiger partial charge in [0.2, 0.25) is 5.71 Å². The fourth-order valence-electron chi connectivity index (χ4n) is 1.09. The van der Waals surface area contributed by atoms with Crippen LogP contribution in [0.4, 0.5) is 11.4 Å². The van der Waals surface area contributed by atoms with E-state index in [1.165, 1.54) is 0 Å². The van der Waals surface area contributed by atoms with Crippen molar-refractivity contribution < 1.29 is 4.79 Å². The number of hydrogen-bond acceptors (Lipinski definition) is 4. The van der Waals surface area contributed by atoms with Crippen molar-refractivity contribution in [1.29, 1.82) is 5.26 Å². The van der Waals surface area contributed by atoms with Crippen LogP contribution >= 0.6 is 0 Å². The zero-order valence-electron chi connectivity index (χ0n) is 9.14. The molecule has 0 heterocycles. The molecular weight excluding hydrogens is 204 g/mol. The highest BCUT2D eigenvalue weighted by molar-refractivity contribution is 6.45. The molecule has 0 bridgehead atoms. The van der Waals surface area contributed by atoms with Gasteiger partial charge in [0, 0.05) is 19.8 Å². The van der Waals surface area contributed by atoms with Gasteiger partial charge < -0.3 is 10.6 Å². The summed E-state index contributed by atoms with van der Waals surface area (Å²) in [5.74, 6) is -0.820. The number of nitrogens with two attached hydrogens (primary N) is 1.